The Balaban J connectivity index is 1.97. The standard InChI is InChI=1S/C13H16FN3OS/c1-9(6-7-15)19-8-12-16-13(17-18-12)10-2-4-11(14)5-3-10/h2-5,9H,6-8,15H2,1H3. The lowest BCUT2D eigenvalue weighted by Gasteiger charge is -2.06. The SMILES string of the molecule is CC(CCN)SCc1nc(-c2ccc(F)cc2)no1. The van der Waals surface area contributed by atoms with Crippen molar-refractivity contribution >= 4 is 11.8 Å². The van der Waals surface area contributed by atoms with Crippen LogP contribution in [-0.4, -0.2) is 21.9 Å². The largest absolute Gasteiger partial charge is 0.338 e. The molecule has 19 heavy (non-hydrogen) atoms. The molecule has 1 aromatic heterocycles. The molecular weight excluding hydrogens is 265 g/mol. The van der Waals surface area contributed by atoms with Crippen molar-refractivity contribution in [2.24, 2.45) is 5.73 Å². The number of hydrogen-bond donors (Lipinski definition) is 1. The number of rotatable bonds is 6. The van der Waals surface area contributed by atoms with E-state index in [4.69, 9.17) is 10.3 Å². The van der Waals surface area contributed by atoms with Gasteiger partial charge < -0.3 is 10.3 Å². The van der Waals surface area contributed by atoms with Gasteiger partial charge in [0.2, 0.25) is 11.7 Å². The van der Waals surface area contributed by atoms with Gasteiger partial charge in [0.25, 0.3) is 0 Å². The molecule has 0 spiro atoms. The summed E-state index contributed by atoms with van der Waals surface area (Å²) in [7, 11) is 0. The second kappa shape index (κ2) is 6.68. The highest BCUT2D eigenvalue weighted by Crippen LogP contribution is 2.21. The minimum absolute atomic E-state index is 0.279. The first-order valence-corrected chi connectivity index (χ1v) is 7.14. The number of thioether (sulfide) groups is 1. The molecule has 1 unspecified atom stereocenters. The highest BCUT2D eigenvalue weighted by Gasteiger charge is 2.10. The Morgan fingerprint density at radius 3 is 2.79 bits per heavy atom. The molecule has 2 aromatic rings. The van der Waals surface area contributed by atoms with E-state index in [1.54, 1.807) is 23.9 Å². The fourth-order valence-corrected chi connectivity index (χ4v) is 2.41. The van der Waals surface area contributed by atoms with E-state index >= 15 is 0 Å². The van der Waals surface area contributed by atoms with Crippen LogP contribution in [0.2, 0.25) is 0 Å². The Bertz CT molecular complexity index is 515. The van der Waals surface area contributed by atoms with E-state index in [2.05, 4.69) is 17.1 Å². The predicted octanol–water partition coefficient (Wildman–Crippen LogP) is 2.85. The maximum atomic E-state index is 12.8. The van der Waals surface area contributed by atoms with Crippen molar-refractivity contribution in [3.05, 3.63) is 36.0 Å². The molecule has 2 rings (SSSR count). The quantitative estimate of drug-likeness (QED) is 0.882. The molecule has 0 saturated carbocycles. The zero-order valence-corrected chi connectivity index (χ0v) is 11.5. The monoisotopic (exact) mass is 281 g/mol. The van der Waals surface area contributed by atoms with Gasteiger partial charge in [0.05, 0.1) is 5.75 Å². The molecule has 0 bridgehead atoms. The minimum Gasteiger partial charge on any atom is -0.338 e. The molecule has 0 fully saturated rings. The summed E-state index contributed by atoms with van der Waals surface area (Å²) in [5.41, 5.74) is 6.24. The zero-order valence-electron chi connectivity index (χ0n) is 10.7. The molecule has 1 atom stereocenters. The van der Waals surface area contributed by atoms with Crippen molar-refractivity contribution in [1.82, 2.24) is 10.1 Å². The van der Waals surface area contributed by atoms with E-state index in [1.165, 1.54) is 12.1 Å². The first kappa shape index (κ1) is 14.0. The Hall–Kier alpha value is -1.40. The van der Waals surface area contributed by atoms with Crippen molar-refractivity contribution in [3.8, 4) is 11.4 Å². The number of halogens is 1. The van der Waals surface area contributed by atoms with E-state index in [1.807, 2.05) is 0 Å². The first-order valence-electron chi connectivity index (χ1n) is 6.09. The smallest absolute Gasteiger partial charge is 0.236 e. The molecule has 0 aliphatic carbocycles. The van der Waals surface area contributed by atoms with E-state index < -0.39 is 0 Å². The molecule has 102 valence electrons. The van der Waals surface area contributed by atoms with E-state index in [-0.39, 0.29) is 5.82 Å². The average Bonchev–Trinajstić information content (AvgIpc) is 2.86. The predicted molar refractivity (Wildman–Crippen MR) is 74.1 cm³/mol. The van der Waals surface area contributed by atoms with Crippen LogP contribution in [0.15, 0.2) is 28.8 Å². The van der Waals surface area contributed by atoms with E-state index in [0.717, 1.165) is 12.0 Å². The molecule has 1 aromatic carbocycles. The number of hydrogen-bond acceptors (Lipinski definition) is 5. The van der Waals surface area contributed by atoms with Crippen LogP contribution in [0.1, 0.15) is 19.2 Å². The van der Waals surface area contributed by atoms with Crippen LogP contribution in [-0.2, 0) is 5.75 Å². The summed E-state index contributed by atoms with van der Waals surface area (Å²) in [5.74, 6) is 1.45. The average molecular weight is 281 g/mol. The van der Waals surface area contributed by atoms with Crippen LogP contribution in [0.5, 0.6) is 0 Å². The van der Waals surface area contributed by atoms with Crippen molar-refractivity contribution in [2.45, 2.75) is 24.3 Å². The summed E-state index contributed by atoms with van der Waals surface area (Å²) in [4.78, 5) is 4.29. The van der Waals surface area contributed by atoms with Crippen molar-refractivity contribution in [2.75, 3.05) is 6.54 Å². The molecule has 0 radical (unpaired) electrons. The number of nitrogens with two attached hydrogens (primary N) is 1. The molecule has 0 saturated heterocycles. The van der Waals surface area contributed by atoms with Crippen LogP contribution >= 0.6 is 11.8 Å². The third-order valence-electron chi connectivity index (χ3n) is 2.64. The molecule has 2 N–H and O–H groups in total. The van der Waals surface area contributed by atoms with Crippen LogP contribution in [0.4, 0.5) is 4.39 Å². The molecule has 0 aliphatic heterocycles. The van der Waals surface area contributed by atoms with Gasteiger partial charge in [-0.2, -0.15) is 4.98 Å². The summed E-state index contributed by atoms with van der Waals surface area (Å²) in [6, 6.07) is 6.02. The van der Waals surface area contributed by atoms with Crippen molar-refractivity contribution in [3.63, 3.8) is 0 Å². The van der Waals surface area contributed by atoms with Gasteiger partial charge in [0.15, 0.2) is 0 Å². The Labute approximate surface area is 115 Å². The molecule has 6 heteroatoms. The maximum absolute atomic E-state index is 12.8. The fourth-order valence-electron chi connectivity index (χ4n) is 1.56. The zero-order chi connectivity index (χ0) is 13.7. The van der Waals surface area contributed by atoms with Crippen molar-refractivity contribution in [1.29, 1.82) is 0 Å². The third kappa shape index (κ3) is 4.04. The molecular formula is C13H16FN3OS. The van der Waals surface area contributed by atoms with E-state index in [0.29, 0.717) is 29.3 Å². The van der Waals surface area contributed by atoms with Gasteiger partial charge in [-0.25, -0.2) is 4.39 Å². The number of nitrogens with zero attached hydrogens (tertiary/aromatic N) is 2. The molecule has 1 heterocycles. The minimum atomic E-state index is -0.279. The second-order valence-electron chi connectivity index (χ2n) is 4.22. The highest BCUT2D eigenvalue weighted by molar-refractivity contribution is 7.99. The van der Waals surface area contributed by atoms with Gasteiger partial charge in [0.1, 0.15) is 5.82 Å². The van der Waals surface area contributed by atoms with Gasteiger partial charge in [-0.3, -0.25) is 0 Å². The van der Waals surface area contributed by atoms with Crippen LogP contribution < -0.4 is 5.73 Å². The van der Waals surface area contributed by atoms with Crippen LogP contribution in [0, 0.1) is 5.82 Å². The van der Waals surface area contributed by atoms with Crippen LogP contribution in [0.25, 0.3) is 11.4 Å². The highest BCUT2D eigenvalue weighted by atomic mass is 32.2. The third-order valence-corrected chi connectivity index (χ3v) is 3.85. The van der Waals surface area contributed by atoms with Crippen LogP contribution in [0.3, 0.4) is 0 Å². The fraction of sp³-hybridized carbons (Fsp3) is 0.385. The normalized spacial score (nSPS) is 12.6. The van der Waals surface area contributed by atoms with Gasteiger partial charge in [-0.15, -0.1) is 11.8 Å². The summed E-state index contributed by atoms with van der Waals surface area (Å²) in [6.07, 6.45) is 0.962. The summed E-state index contributed by atoms with van der Waals surface area (Å²) < 4.78 is 18.0. The lowest BCUT2D eigenvalue weighted by atomic mass is 10.2. The van der Waals surface area contributed by atoms with E-state index in [9.17, 15) is 4.39 Å². The lowest BCUT2D eigenvalue weighted by Crippen LogP contribution is -2.07. The summed E-state index contributed by atoms with van der Waals surface area (Å²) in [5, 5.41) is 4.36. The summed E-state index contributed by atoms with van der Waals surface area (Å²) in [6.45, 7) is 2.80. The first-order chi connectivity index (χ1) is 9.19. The topological polar surface area (TPSA) is 64.9 Å². The Morgan fingerprint density at radius 1 is 1.37 bits per heavy atom. The van der Waals surface area contributed by atoms with Gasteiger partial charge >= 0.3 is 0 Å². The maximum Gasteiger partial charge on any atom is 0.236 e. The van der Waals surface area contributed by atoms with Crippen molar-refractivity contribution < 1.29 is 8.91 Å². The molecule has 0 amide bonds. The second-order valence-corrected chi connectivity index (χ2v) is 5.64. The Morgan fingerprint density at radius 2 is 2.11 bits per heavy atom. The van der Waals surface area contributed by atoms with Gasteiger partial charge in [-0.05, 0) is 37.2 Å². The van der Waals surface area contributed by atoms with Gasteiger partial charge in [0, 0.05) is 10.8 Å². The number of aromatic nitrogens is 2. The number of benzene rings is 1. The summed E-state index contributed by atoms with van der Waals surface area (Å²) >= 11 is 1.73. The molecule has 4 nitrogen and oxygen atoms in total. The lowest BCUT2D eigenvalue weighted by molar-refractivity contribution is 0.391. The van der Waals surface area contributed by atoms with Gasteiger partial charge in [-0.1, -0.05) is 12.1 Å². The Kier molecular flexibility index (Phi) is 4.93. The molecule has 0 aliphatic rings.